The van der Waals surface area contributed by atoms with E-state index in [0.29, 0.717) is 12.1 Å². The molecule has 2 rings (SSSR count). The number of carbonyl (C=O) groups is 1. The molecule has 128 valence electrons. The highest BCUT2D eigenvalue weighted by molar-refractivity contribution is 5.77. The van der Waals surface area contributed by atoms with E-state index >= 15 is 0 Å². The molecular formula is C16H21F3N2O2. The Bertz CT molecular complexity index is 548. The minimum atomic E-state index is -4.73. The van der Waals surface area contributed by atoms with Gasteiger partial charge in [-0.05, 0) is 31.9 Å². The van der Waals surface area contributed by atoms with Crippen LogP contribution in [0.1, 0.15) is 25.8 Å². The number of benzene rings is 1. The molecule has 0 bridgehead atoms. The molecule has 0 saturated carbocycles. The van der Waals surface area contributed by atoms with Gasteiger partial charge in [-0.3, -0.25) is 4.79 Å². The van der Waals surface area contributed by atoms with Crippen LogP contribution in [-0.4, -0.2) is 42.3 Å². The monoisotopic (exact) mass is 330 g/mol. The van der Waals surface area contributed by atoms with Crippen LogP contribution in [-0.2, 0) is 11.2 Å². The van der Waals surface area contributed by atoms with Crippen LogP contribution in [0.15, 0.2) is 24.3 Å². The van der Waals surface area contributed by atoms with Crippen molar-refractivity contribution >= 4 is 5.91 Å². The SMILES string of the molecule is CC1NCCN(C(=O)CCc2ccccc2OC(F)(F)F)C1C. The number of hydrogen-bond acceptors (Lipinski definition) is 3. The Morgan fingerprint density at radius 3 is 2.74 bits per heavy atom. The topological polar surface area (TPSA) is 41.6 Å². The lowest BCUT2D eigenvalue weighted by Crippen LogP contribution is -2.57. The molecule has 1 fully saturated rings. The summed E-state index contributed by atoms with van der Waals surface area (Å²) in [5.41, 5.74) is 0.383. The number of ether oxygens (including phenoxy) is 1. The van der Waals surface area contributed by atoms with E-state index in [-0.39, 0.29) is 36.6 Å². The second-order valence-corrected chi connectivity index (χ2v) is 5.73. The van der Waals surface area contributed by atoms with Crippen molar-refractivity contribution in [1.29, 1.82) is 0 Å². The summed E-state index contributed by atoms with van der Waals surface area (Å²) < 4.78 is 41.2. The number of aryl methyl sites for hydroxylation is 1. The third kappa shape index (κ3) is 4.86. The van der Waals surface area contributed by atoms with E-state index in [9.17, 15) is 18.0 Å². The van der Waals surface area contributed by atoms with E-state index in [2.05, 4.69) is 10.1 Å². The summed E-state index contributed by atoms with van der Waals surface area (Å²) in [6.45, 7) is 5.32. The van der Waals surface area contributed by atoms with Gasteiger partial charge in [0.25, 0.3) is 0 Å². The number of para-hydroxylation sites is 1. The Labute approximate surface area is 133 Å². The van der Waals surface area contributed by atoms with E-state index < -0.39 is 6.36 Å². The lowest BCUT2D eigenvalue weighted by atomic mass is 10.0. The third-order valence-corrected chi connectivity index (χ3v) is 4.16. The molecule has 1 heterocycles. The maximum atomic E-state index is 12.4. The number of alkyl halides is 3. The predicted molar refractivity (Wildman–Crippen MR) is 80.1 cm³/mol. The van der Waals surface area contributed by atoms with Crippen molar-refractivity contribution in [3.05, 3.63) is 29.8 Å². The molecule has 1 saturated heterocycles. The summed E-state index contributed by atoms with van der Waals surface area (Å²) in [5.74, 6) is -0.290. The number of hydrogen-bond donors (Lipinski definition) is 1. The summed E-state index contributed by atoms with van der Waals surface area (Å²) in [6, 6.07) is 6.21. The van der Waals surface area contributed by atoms with E-state index in [4.69, 9.17) is 0 Å². The quantitative estimate of drug-likeness (QED) is 0.923. The van der Waals surface area contributed by atoms with Crippen molar-refractivity contribution in [1.82, 2.24) is 10.2 Å². The van der Waals surface area contributed by atoms with Crippen molar-refractivity contribution in [2.75, 3.05) is 13.1 Å². The number of rotatable bonds is 4. The molecule has 1 amide bonds. The van der Waals surface area contributed by atoms with Gasteiger partial charge in [0, 0.05) is 31.6 Å². The molecule has 0 radical (unpaired) electrons. The minimum Gasteiger partial charge on any atom is -0.406 e. The number of amides is 1. The van der Waals surface area contributed by atoms with Crippen LogP contribution in [0, 0.1) is 0 Å². The molecule has 2 atom stereocenters. The van der Waals surface area contributed by atoms with E-state index in [1.54, 1.807) is 17.0 Å². The van der Waals surface area contributed by atoms with Crippen LogP contribution in [0.4, 0.5) is 13.2 Å². The van der Waals surface area contributed by atoms with Gasteiger partial charge in [0.15, 0.2) is 0 Å². The second-order valence-electron chi connectivity index (χ2n) is 5.73. The molecule has 0 aliphatic carbocycles. The predicted octanol–water partition coefficient (Wildman–Crippen LogP) is 2.73. The summed E-state index contributed by atoms with van der Waals surface area (Å²) in [4.78, 5) is 14.1. The largest absolute Gasteiger partial charge is 0.573 e. The van der Waals surface area contributed by atoms with Gasteiger partial charge in [-0.1, -0.05) is 18.2 Å². The van der Waals surface area contributed by atoms with Gasteiger partial charge in [-0.2, -0.15) is 0 Å². The number of nitrogens with zero attached hydrogens (tertiary/aromatic N) is 1. The Morgan fingerprint density at radius 1 is 1.35 bits per heavy atom. The van der Waals surface area contributed by atoms with E-state index in [1.807, 2.05) is 13.8 Å². The molecule has 4 nitrogen and oxygen atoms in total. The van der Waals surface area contributed by atoms with Gasteiger partial charge < -0.3 is 15.0 Å². The van der Waals surface area contributed by atoms with Crippen molar-refractivity contribution < 1.29 is 22.7 Å². The fourth-order valence-corrected chi connectivity index (χ4v) is 2.73. The van der Waals surface area contributed by atoms with Crippen molar-refractivity contribution in [2.45, 2.75) is 45.1 Å². The number of halogens is 3. The van der Waals surface area contributed by atoms with Crippen LogP contribution in [0.3, 0.4) is 0 Å². The van der Waals surface area contributed by atoms with Gasteiger partial charge in [0.2, 0.25) is 5.91 Å². The first-order chi connectivity index (χ1) is 10.8. The lowest BCUT2D eigenvalue weighted by molar-refractivity contribution is -0.274. The Morgan fingerprint density at radius 2 is 2.04 bits per heavy atom. The Hall–Kier alpha value is -1.76. The van der Waals surface area contributed by atoms with Crippen molar-refractivity contribution in [3.63, 3.8) is 0 Å². The maximum Gasteiger partial charge on any atom is 0.573 e. The molecule has 1 aromatic rings. The number of nitrogens with one attached hydrogen (secondary N) is 1. The fourth-order valence-electron chi connectivity index (χ4n) is 2.73. The molecule has 0 spiro atoms. The summed E-state index contributed by atoms with van der Waals surface area (Å²) in [6.07, 6.45) is -4.35. The molecule has 2 unspecified atom stereocenters. The molecule has 0 aromatic heterocycles. The molecule has 23 heavy (non-hydrogen) atoms. The molecule has 1 N–H and O–H groups in total. The summed E-state index contributed by atoms with van der Waals surface area (Å²) in [7, 11) is 0. The molecular weight excluding hydrogens is 309 g/mol. The first-order valence-corrected chi connectivity index (χ1v) is 7.64. The van der Waals surface area contributed by atoms with Crippen LogP contribution in [0.5, 0.6) is 5.75 Å². The molecule has 7 heteroatoms. The average Bonchev–Trinajstić information content (AvgIpc) is 2.47. The van der Waals surface area contributed by atoms with Crippen LogP contribution >= 0.6 is 0 Å². The Kier molecular flexibility index (Phi) is 5.51. The highest BCUT2D eigenvalue weighted by atomic mass is 19.4. The summed E-state index contributed by atoms with van der Waals surface area (Å²) in [5, 5.41) is 3.29. The van der Waals surface area contributed by atoms with Crippen molar-refractivity contribution in [2.24, 2.45) is 0 Å². The third-order valence-electron chi connectivity index (χ3n) is 4.16. The van der Waals surface area contributed by atoms with Gasteiger partial charge >= 0.3 is 6.36 Å². The van der Waals surface area contributed by atoms with E-state index in [0.717, 1.165) is 6.54 Å². The van der Waals surface area contributed by atoms with Gasteiger partial charge in [-0.15, -0.1) is 13.2 Å². The zero-order valence-corrected chi connectivity index (χ0v) is 13.2. The normalized spacial score (nSPS) is 22.0. The smallest absolute Gasteiger partial charge is 0.406 e. The zero-order valence-electron chi connectivity index (χ0n) is 13.2. The zero-order chi connectivity index (χ0) is 17.0. The Balaban J connectivity index is 1.99. The number of piperazine rings is 1. The van der Waals surface area contributed by atoms with Gasteiger partial charge in [-0.25, -0.2) is 0 Å². The van der Waals surface area contributed by atoms with Gasteiger partial charge in [0.1, 0.15) is 5.75 Å². The molecule has 1 aliphatic heterocycles. The average molecular weight is 330 g/mol. The molecule has 1 aliphatic rings. The van der Waals surface area contributed by atoms with Gasteiger partial charge in [0.05, 0.1) is 0 Å². The maximum absolute atomic E-state index is 12.4. The summed E-state index contributed by atoms with van der Waals surface area (Å²) >= 11 is 0. The van der Waals surface area contributed by atoms with Crippen LogP contribution in [0.2, 0.25) is 0 Å². The number of carbonyl (C=O) groups excluding carboxylic acids is 1. The first-order valence-electron chi connectivity index (χ1n) is 7.64. The van der Waals surface area contributed by atoms with Crippen LogP contribution < -0.4 is 10.1 Å². The highest BCUT2D eigenvalue weighted by Crippen LogP contribution is 2.27. The molecule has 1 aromatic carbocycles. The minimum absolute atomic E-state index is 0.0485. The standard InChI is InChI=1S/C16H21F3N2O2/c1-11-12(2)21(10-9-20-11)15(22)8-7-13-5-3-4-6-14(13)23-16(17,18)19/h3-6,11-12,20H,7-10H2,1-2H3. The first kappa shape index (κ1) is 17.6. The highest BCUT2D eigenvalue weighted by Gasteiger charge is 2.32. The van der Waals surface area contributed by atoms with Crippen molar-refractivity contribution in [3.8, 4) is 5.75 Å². The van der Waals surface area contributed by atoms with E-state index in [1.165, 1.54) is 12.1 Å². The lowest BCUT2D eigenvalue weighted by Gasteiger charge is -2.38. The fraction of sp³-hybridized carbons (Fsp3) is 0.562. The second kappa shape index (κ2) is 7.21. The van der Waals surface area contributed by atoms with Crippen LogP contribution in [0.25, 0.3) is 0 Å².